The van der Waals surface area contributed by atoms with Crippen molar-refractivity contribution in [2.24, 2.45) is 0 Å². The van der Waals surface area contributed by atoms with Gasteiger partial charge in [0.25, 0.3) is 0 Å². The van der Waals surface area contributed by atoms with Crippen LogP contribution in [0, 0.1) is 0 Å². The number of ether oxygens (including phenoxy) is 1. The molecule has 0 aliphatic carbocycles. The maximum absolute atomic E-state index is 10.1. The van der Waals surface area contributed by atoms with Crippen molar-refractivity contribution in [2.75, 3.05) is 12.3 Å². The van der Waals surface area contributed by atoms with Crippen LogP contribution < -0.4 is 5.73 Å². The highest BCUT2D eigenvalue weighted by atomic mass is 16.5. The van der Waals surface area contributed by atoms with Crippen molar-refractivity contribution in [3.05, 3.63) is 29.8 Å². The lowest BCUT2D eigenvalue weighted by atomic mass is 10.0. The molecule has 1 aliphatic heterocycles. The van der Waals surface area contributed by atoms with Gasteiger partial charge in [0.15, 0.2) is 0 Å². The van der Waals surface area contributed by atoms with Gasteiger partial charge >= 0.3 is 0 Å². The van der Waals surface area contributed by atoms with Gasteiger partial charge in [-0.05, 0) is 38.2 Å². The third-order valence-electron chi connectivity index (χ3n) is 3.38. The number of para-hydroxylation sites is 1. The predicted octanol–water partition coefficient (Wildman–Crippen LogP) is 2.65. The Kier molecular flexibility index (Phi) is 4.40. The molecule has 2 rings (SSSR count). The van der Waals surface area contributed by atoms with Gasteiger partial charge in [-0.15, -0.1) is 0 Å². The van der Waals surface area contributed by atoms with E-state index >= 15 is 0 Å². The number of rotatable bonds is 5. The predicted molar refractivity (Wildman–Crippen MR) is 68.6 cm³/mol. The number of anilines is 1. The van der Waals surface area contributed by atoms with Crippen LogP contribution in [0.15, 0.2) is 24.3 Å². The van der Waals surface area contributed by atoms with Crippen LogP contribution in [-0.2, 0) is 4.74 Å². The smallest absolute Gasteiger partial charge is 0.0809 e. The Hall–Kier alpha value is -1.06. The number of aliphatic hydroxyl groups excluding tert-OH is 1. The number of nitrogen functional groups attached to an aromatic ring is 1. The average molecular weight is 235 g/mol. The van der Waals surface area contributed by atoms with Gasteiger partial charge in [-0.1, -0.05) is 18.2 Å². The summed E-state index contributed by atoms with van der Waals surface area (Å²) >= 11 is 0. The van der Waals surface area contributed by atoms with Crippen LogP contribution in [0.2, 0.25) is 0 Å². The highest BCUT2D eigenvalue weighted by Crippen LogP contribution is 2.26. The molecule has 3 nitrogen and oxygen atoms in total. The molecule has 0 saturated carbocycles. The fourth-order valence-electron chi connectivity index (χ4n) is 2.38. The molecule has 17 heavy (non-hydrogen) atoms. The molecule has 0 bridgehead atoms. The summed E-state index contributed by atoms with van der Waals surface area (Å²) in [6, 6.07) is 7.53. The van der Waals surface area contributed by atoms with Gasteiger partial charge in [-0.3, -0.25) is 0 Å². The lowest BCUT2D eigenvalue weighted by molar-refractivity contribution is 0.0945. The van der Waals surface area contributed by atoms with Crippen LogP contribution in [0.3, 0.4) is 0 Å². The maximum Gasteiger partial charge on any atom is 0.0809 e. The van der Waals surface area contributed by atoms with E-state index in [4.69, 9.17) is 10.5 Å². The zero-order valence-electron chi connectivity index (χ0n) is 10.1. The fourth-order valence-corrected chi connectivity index (χ4v) is 2.38. The standard InChI is InChI=1S/C14H21NO2/c15-13-8-2-1-7-12(13)14(16)9-3-5-11-6-4-10-17-11/h1-2,7-8,11,14,16H,3-6,9-10,15H2. The molecule has 94 valence electrons. The van der Waals surface area contributed by atoms with E-state index in [9.17, 15) is 5.11 Å². The van der Waals surface area contributed by atoms with Gasteiger partial charge in [0.2, 0.25) is 0 Å². The van der Waals surface area contributed by atoms with Gasteiger partial charge < -0.3 is 15.6 Å². The van der Waals surface area contributed by atoms with Crippen LogP contribution >= 0.6 is 0 Å². The van der Waals surface area contributed by atoms with Crippen LogP contribution in [0.1, 0.15) is 43.8 Å². The quantitative estimate of drug-likeness (QED) is 0.771. The van der Waals surface area contributed by atoms with Gasteiger partial charge in [0.05, 0.1) is 12.2 Å². The minimum Gasteiger partial charge on any atom is -0.398 e. The maximum atomic E-state index is 10.1. The Morgan fingerprint density at radius 2 is 2.24 bits per heavy atom. The summed E-state index contributed by atoms with van der Waals surface area (Å²) in [6.45, 7) is 0.902. The molecule has 0 radical (unpaired) electrons. The van der Waals surface area contributed by atoms with E-state index in [1.807, 2.05) is 24.3 Å². The second-order valence-electron chi connectivity index (χ2n) is 4.71. The summed E-state index contributed by atoms with van der Waals surface area (Å²) in [5.74, 6) is 0. The summed E-state index contributed by atoms with van der Waals surface area (Å²) in [6.07, 6.45) is 5.11. The first-order valence-corrected chi connectivity index (χ1v) is 6.41. The second kappa shape index (κ2) is 6.03. The average Bonchev–Trinajstić information content (AvgIpc) is 2.82. The summed E-state index contributed by atoms with van der Waals surface area (Å²) < 4.78 is 5.56. The molecular formula is C14H21NO2. The van der Waals surface area contributed by atoms with Gasteiger partial charge in [-0.2, -0.15) is 0 Å². The molecule has 0 aromatic heterocycles. The topological polar surface area (TPSA) is 55.5 Å². The first-order chi connectivity index (χ1) is 8.27. The molecule has 2 unspecified atom stereocenters. The third kappa shape index (κ3) is 3.45. The van der Waals surface area contributed by atoms with E-state index in [2.05, 4.69) is 0 Å². The highest BCUT2D eigenvalue weighted by molar-refractivity contribution is 5.47. The van der Waals surface area contributed by atoms with E-state index < -0.39 is 6.10 Å². The Morgan fingerprint density at radius 3 is 2.94 bits per heavy atom. The lowest BCUT2D eigenvalue weighted by Crippen LogP contribution is -2.07. The number of hydrogen-bond acceptors (Lipinski definition) is 3. The van der Waals surface area contributed by atoms with E-state index in [0.29, 0.717) is 11.8 Å². The van der Waals surface area contributed by atoms with Crippen molar-refractivity contribution in [3.63, 3.8) is 0 Å². The van der Waals surface area contributed by atoms with Crippen molar-refractivity contribution < 1.29 is 9.84 Å². The van der Waals surface area contributed by atoms with Gasteiger partial charge in [0.1, 0.15) is 0 Å². The molecule has 0 spiro atoms. The Bertz CT molecular complexity index is 348. The molecule has 1 aromatic rings. The fraction of sp³-hybridized carbons (Fsp3) is 0.571. The van der Waals surface area contributed by atoms with E-state index in [1.165, 1.54) is 12.8 Å². The minimum absolute atomic E-state index is 0.412. The zero-order valence-corrected chi connectivity index (χ0v) is 10.1. The number of nitrogens with two attached hydrogens (primary N) is 1. The molecular weight excluding hydrogens is 214 g/mol. The molecule has 2 atom stereocenters. The number of aliphatic hydroxyl groups is 1. The van der Waals surface area contributed by atoms with E-state index in [0.717, 1.165) is 31.4 Å². The van der Waals surface area contributed by atoms with Crippen LogP contribution in [-0.4, -0.2) is 17.8 Å². The minimum atomic E-state index is -0.447. The Labute approximate surface area is 103 Å². The SMILES string of the molecule is Nc1ccccc1C(O)CCCC1CCCO1. The van der Waals surface area contributed by atoms with Gasteiger partial charge in [0, 0.05) is 17.9 Å². The molecule has 1 aliphatic rings. The zero-order chi connectivity index (χ0) is 12.1. The van der Waals surface area contributed by atoms with Crippen molar-refractivity contribution in [3.8, 4) is 0 Å². The van der Waals surface area contributed by atoms with Crippen molar-refractivity contribution in [2.45, 2.75) is 44.3 Å². The lowest BCUT2D eigenvalue weighted by Gasteiger charge is -2.14. The van der Waals surface area contributed by atoms with Crippen molar-refractivity contribution in [1.29, 1.82) is 0 Å². The van der Waals surface area contributed by atoms with Crippen LogP contribution in [0.25, 0.3) is 0 Å². The first kappa shape index (κ1) is 12.4. The molecule has 3 heteroatoms. The van der Waals surface area contributed by atoms with Crippen molar-refractivity contribution in [1.82, 2.24) is 0 Å². The van der Waals surface area contributed by atoms with Crippen LogP contribution in [0.5, 0.6) is 0 Å². The Balaban J connectivity index is 1.77. The summed E-state index contributed by atoms with van der Waals surface area (Å²) in [5, 5.41) is 10.1. The number of hydrogen-bond donors (Lipinski definition) is 2. The second-order valence-corrected chi connectivity index (χ2v) is 4.71. The molecule has 1 saturated heterocycles. The molecule has 3 N–H and O–H groups in total. The summed E-state index contributed by atoms with van der Waals surface area (Å²) in [4.78, 5) is 0. The summed E-state index contributed by atoms with van der Waals surface area (Å²) in [7, 11) is 0. The Morgan fingerprint density at radius 1 is 1.41 bits per heavy atom. The third-order valence-corrected chi connectivity index (χ3v) is 3.38. The van der Waals surface area contributed by atoms with E-state index in [1.54, 1.807) is 0 Å². The first-order valence-electron chi connectivity index (χ1n) is 6.41. The van der Waals surface area contributed by atoms with Crippen molar-refractivity contribution >= 4 is 5.69 Å². The summed E-state index contributed by atoms with van der Waals surface area (Å²) in [5.41, 5.74) is 7.36. The molecule has 1 aromatic carbocycles. The molecule has 1 heterocycles. The molecule has 1 fully saturated rings. The normalized spacial score (nSPS) is 21.6. The largest absolute Gasteiger partial charge is 0.398 e. The molecule has 0 amide bonds. The van der Waals surface area contributed by atoms with Crippen LogP contribution in [0.4, 0.5) is 5.69 Å². The monoisotopic (exact) mass is 235 g/mol. The number of benzene rings is 1. The van der Waals surface area contributed by atoms with Gasteiger partial charge in [-0.25, -0.2) is 0 Å². The van der Waals surface area contributed by atoms with E-state index in [-0.39, 0.29) is 0 Å². The highest BCUT2D eigenvalue weighted by Gasteiger charge is 2.16.